The fourth-order valence-electron chi connectivity index (χ4n) is 6.88. The van der Waals surface area contributed by atoms with Gasteiger partial charge in [0.05, 0.1) is 24.0 Å². The summed E-state index contributed by atoms with van der Waals surface area (Å²) in [5.41, 5.74) is 0. The van der Waals surface area contributed by atoms with Gasteiger partial charge in [0.1, 0.15) is 0 Å². The number of carboxylic acid groups (broad SMARTS) is 4. The second kappa shape index (κ2) is 50.5. The molecule has 60 heavy (non-hydrogen) atoms. The summed E-state index contributed by atoms with van der Waals surface area (Å²) in [6.45, 7) is 4.50. The summed E-state index contributed by atoms with van der Waals surface area (Å²) in [7, 11) is 0. The van der Waals surface area contributed by atoms with E-state index in [-0.39, 0.29) is 109 Å². The fourth-order valence-corrected chi connectivity index (χ4v) is 6.88. The molecular weight excluding hydrogens is 786 g/mol. The Morgan fingerprint density at radius 2 is 0.567 bits per heavy atom. The minimum Gasteiger partial charge on any atom is -0.548 e. The van der Waals surface area contributed by atoms with Crippen molar-refractivity contribution in [2.75, 3.05) is 0 Å². The Morgan fingerprint density at radius 3 is 0.750 bits per heavy atom. The number of nitrogens with one attached hydrogen (secondary N) is 2. The van der Waals surface area contributed by atoms with Crippen LogP contribution in [0.25, 0.3) is 0 Å². The number of unbranched alkanes of at least 4 members (excludes halogenated alkanes) is 28. The van der Waals surface area contributed by atoms with Crippen LogP contribution in [0.15, 0.2) is 0 Å². The molecule has 0 aromatic rings. The number of carbonyl (C=O) groups is 6. The van der Waals surface area contributed by atoms with Gasteiger partial charge in [-0.05, 0) is 25.7 Å². The Labute approximate surface area is 408 Å². The first kappa shape index (κ1) is 65.4. The predicted molar refractivity (Wildman–Crippen MR) is 227 cm³/mol. The first-order valence-corrected chi connectivity index (χ1v) is 23.4. The van der Waals surface area contributed by atoms with Gasteiger partial charge in [0.15, 0.2) is 0 Å². The Bertz CT molecular complexity index is 971. The van der Waals surface area contributed by atoms with Crippen molar-refractivity contribution in [2.24, 2.45) is 0 Å². The molecular formula is C46H84N2Na2O10. The zero-order valence-electron chi connectivity index (χ0n) is 38.8. The van der Waals surface area contributed by atoms with Crippen LogP contribution in [0.3, 0.4) is 0 Å². The van der Waals surface area contributed by atoms with Crippen molar-refractivity contribution in [3.8, 4) is 0 Å². The number of hydrogen-bond donors (Lipinski definition) is 4. The third-order valence-corrected chi connectivity index (χ3v) is 10.5. The molecule has 0 bridgehead atoms. The first-order chi connectivity index (χ1) is 27.9. The van der Waals surface area contributed by atoms with Crippen LogP contribution in [0, 0.1) is 0 Å². The SMILES string of the molecule is CCCCCCCCCCCCCCCCCC(=O)N[C@@H](CCC(=O)O)C(=O)[O-].CCCCCCCCCCCCCCCCCC(=O)N[C@@H](CCC(=O)O)C(=O)[O-].[Na+].[Na+]. The van der Waals surface area contributed by atoms with Gasteiger partial charge in [-0.3, -0.25) is 19.2 Å². The third kappa shape index (κ3) is 51.2. The van der Waals surface area contributed by atoms with Gasteiger partial charge in [0.25, 0.3) is 0 Å². The molecule has 0 aliphatic heterocycles. The maximum atomic E-state index is 11.8. The summed E-state index contributed by atoms with van der Waals surface area (Å²) >= 11 is 0. The van der Waals surface area contributed by atoms with Crippen LogP contribution >= 0.6 is 0 Å². The maximum absolute atomic E-state index is 11.8. The number of amides is 2. The van der Waals surface area contributed by atoms with E-state index in [1.54, 1.807) is 0 Å². The Kier molecular flexibility index (Phi) is 55.0. The van der Waals surface area contributed by atoms with E-state index in [4.69, 9.17) is 10.2 Å². The van der Waals surface area contributed by atoms with Gasteiger partial charge in [-0.1, -0.05) is 194 Å². The molecule has 4 N–H and O–H groups in total. The van der Waals surface area contributed by atoms with Crippen molar-refractivity contribution in [2.45, 2.75) is 257 Å². The molecule has 0 heterocycles. The number of rotatable bonds is 42. The first-order valence-electron chi connectivity index (χ1n) is 23.4. The van der Waals surface area contributed by atoms with Crippen LogP contribution in [0.1, 0.15) is 245 Å². The summed E-state index contributed by atoms with van der Waals surface area (Å²) in [6, 6.07) is -2.45. The van der Waals surface area contributed by atoms with E-state index in [2.05, 4.69) is 24.5 Å². The van der Waals surface area contributed by atoms with E-state index in [9.17, 15) is 39.0 Å². The largest absolute Gasteiger partial charge is 1.00 e. The van der Waals surface area contributed by atoms with Crippen LogP contribution in [-0.4, -0.2) is 58.0 Å². The van der Waals surface area contributed by atoms with Crippen molar-refractivity contribution < 1.29 is 108 Å². The molecule has 0 rings (SSSR count). The second-order valence-electron chi connectivity index (χ2n) is 16.1. The molecule has 2 amide bonds. The summed E-state index contributed by atoms with van der Waals surface area (Å²) in [5.74, 6) is -5.74. The molecule has 14 heteroatoms. The summed E-state index contributed by atoms with van der Waals surface area (Å²) in [5, 5.41) is 43.8. The minimum absolute atomic E-state index is 0. The van der Waals surface area contributed by atoms with E-state index >= 15 is 0 Å². The second-order valence-corrected chi connectivity index (χ2v) is 16.1. The number of aliphatic carboxylic acids is 4. The van der Waals surface area contributed by atoms with Crippen LogP contribution in [-0.2, 0) is 28.8 Å². The molecule has 12 nitrogen and oxygen atoms in total. The quantitative estimate of drug-likeness (QED) is 0.0520. The monoisotopic (exact) mass is 871 g/mol. The van der Waals surface area contributed by atoms with Crippen LogP contribution in [0.4, 0.5) is 0 Å². The van der Waals surface area contributed by atoms with Crippen LogP contribution in [0.2, 0.25) is 0 Å². The number of hydrogen-bond acceptors (Lipinski definition) is 8. The Balaban J connectivity index is -0.000000506. The van der Waals surface area contributed by atoms with Crippen molar-refractivity contribution in [1.82, 2.24) is 10.6 Å². The normalized spacial score (nSPS) is 11.5. The van der Waals surface area contributed by atoms with E-state index in [0.717, 1.165) is 38.5 Å². The molecule has 0 saturated heterocycles. The predicted octanol–water partition coefficient (Wildman–Crippen LogP) is 2.70. The fraction of sp³-hybridized carbons (Fsp3) is 0.870. The molecule has 0 spiro atoms. The van der Waals surface area contributed by atoms with Gasteiger partial charge in [-0.15, -0.1) is 0 Å². The maximum Gasteiger partial charge on any atom is 1.00 e. The van der Waals surface area contributed by atoms with Gasteiger partial charge in [-0.2, -0.15) is 0 Å². The molecule has 0 fully saturated rings. The Morgan fingerprint density at radius 1 is 0.367 bits per heavy atom. The molecule has 0 radical (unpaired) electrons. The zero-order valence-corrected chi connectivity index (χ0v) is 42.8. The number of carboxylic acids is 4. The summed E-state index contributed by atoms with van der Waals surface area (Å²) in [4.78, 5) is 66.5. The average Bonchev–Trinajstić information content (AvgIpc) is 3.17. The standard InChI is InChI=1S/2C23H43NO5.2Na/c2*1-2-3-4-5-6-7-8-9-10-11-12-13-14-15-16-17-21(25)24-20(23(28)29)18-19-22(26)27;;/h2*20H,2-19H2,1H3,(H,24,25)(H,26,27)(H,28,29);;/q;;2*+1/p-2/t2*20-;;/m00../s1. The van der Waals surface area contributed by atoms with Gasteiger partial charge in [0, 0.05) is 25.7 Å². The third-order valence-electron chi connectivity index (χ3n) is 10.5. The Hall–Kier alpha value is -1.18. The van der Waals surface area contributed by atoms with Crippen molar-refractivity contribution in [3.05, 3.63) is 0 Å². The minimum atomic E-state index is -1.43. The van der Waals surface area contributed by atoms with Crippen molar-refractivity contribution in [3.63, 3.8) is 0 Å². The molecule has 0 aromatic carbocycles. The van der Waals surface area contributed by atoms with Crippen LogP contribution in [0.5, 0.6) is 0 Å². The van der Waals surface area contributed by atoms with Crippen LogP contribution < -0.4 is 80.0 Å². The molecule has 2 atom stereocenters. The van der Waals surface area contributed by atoms with E-state index in [1.807, 2.05) is 0 Å². The molecule has 340 valence electrons. The smallest absolute Gasteiger partial charge is 0.548 e. The molecule has 0 aliphatic rings. The van der Waals surface area contributed by atoms with E-state index < -0.39 is 36.0 Å². The average molecular weight is 871 g/mol. The summed E-state index contributed by atoms with van der Waals surface area (Å²) < 4.78 is 0. The zero-order chi connectivity index (χ0) is 43.5. The van der Waals surface area contributed by atoms with Gasteiger partial charge in [-0.25, -0.2) is 0 Å². The molecule has 0 aliphatic carbocycles. The van der Waals surface area contributed by atoms with Crippen molar-refractivity contribution in [1.29, 1.82) is 0 Å². The molecule has 0 unspecified atom stereocenters. The summed E-state index contributed by atoms with van der Waals surface area (Å²) in [6.07, 6.45) is 37.1. The topological polar surface area (TPSA) is 213 Å². The van der Waals surface area contributed by atoms with E-state index in [1.165, 1.54) is 154 Å². The molecule has 0 aromatic heterocycles. The number of carbonyl (C=O) groups excluding carboxylic acids is 4. The van der Waals surface area contributed by atoms with Gasteiger partial charge < -0.3 is 40.6 Å². The van der Waals surface area contributed by atoms with Gasteiger partial charge >= 0.3 is 71.1 Å². The van der Waals surface area contributed by atoms with E-state index in [0.29, 0.717) is 0 Å². The van der Waals surface area contributed by atoms with Crippen molar-refractivity contribution >= 4 is 35.7 Å². The van der Waals surface area contributed by atoms with Gasteiger partial charge in [0.2, 0.25) is 11.8 Å². The molecule has 0 saturated carbocycles.